The highest BCUT2D eigenvalue weighted by atomic mass is 79.9. The molecule has 0 atom stereocenters. The summed E-state index contributed by atoms with van der Waals surface area (Å²) in [5, 5.41) is 11.6. The van der Waals surface area contributed by atoms with E-state index in [4.69, 9.17) is 0 Å². The van der Waals surface area contributed by atoms with Gasteiger partial charge in [0, 0.05) is 22.6 Å². The van der Waals surface area contributed by atoms with E-state index in [-0.39, 0.29) is 10.6 Å². The van der Waals surface area contributed by atoms with E-state index in [2.05, 4.69) is 22.0 Å². The van der Waals surface area contributed by atoms with Crippen LogP contribution in [0, 0.1) is 10.1 Å². The van der Waals surface area contributed by atoms with Crippen molar-refractivity contribution in [3.63, 3.8) is 0 Å². The lowest BCUT2D eigenvalue weighted by Crippen LogP contribution is -2.20. The lowest BCUT2D eigenvalue weighted by molar-refractivity contribution is -0.384. The topological polar surface area (TPSA) is 46.4 Å². The average Bonchev–Trinajstić information content (AvgIpc) is 2.60. The molecule has 1 aliphatic rings. The molecule has 0 aliphatic carbocycles. The molecule has 0 spiro atoms. The molecule has 0 aromatic heterocycles. The van der Waals surface area contributed by atoms with Gasteiger partial charge in [-0.2, -0.15) is 0 Å². The number of benzene rings is 3. The van der Waals surface area contributed by atoms with Gasteiger partial charge in [0.25, 0.3) is 5.69 Å². The van der Waals surface area contributed by atoms with Gasteiger partial charge in [-0.1, -0.05) is 42.5 Å². The standard InChI is InChI=1S/C19H13BrN2O2/c20-15-8-2-4-10-17(15)21-16-9-3-1-6-13(16)12-14-7-5-11-18(19(14)21)22(23)24/h1-11H,12H2. The zero-order chi connectivity index (χ0) is 16.7. The normalized spacial score (nSPS) is 12.5. The summed E-state index contributed by atoms with van der Waals surface area (Å²) < 4.78 is 0.894. The van der Waals surface area contributed by atoms with Crippen molar-refractivity contribution in [3.8, 4) is 0 Å². The SMILES string of the molecule is O=[N+]([O-])c1cccc2c1N(c1ccccc1Br)c1ccccc1C2. The van der Waals surface area contributed by atoms with Crippen molar-refractivity contribution in [1.29, 1.82) is 0 Å². The number of anilines is 3. The van der Waals surface area contributed by atoms with E-state index in [0.29, 0.717) is 12.1 Å². The van der Waals surface area contributed by atoms with Gasteiger partial charge >= 0.3 is 0 Å². The first kappa shape index (κ1) is 14.9. The highest BCUT2D eigenvalue weighted by Crippen LogP contribution is 2.49. The van der Waals surface area contributed by atoms with Crippen LogP contribution in [-0.4, -0.2) is 4.92 Å². The molecule has 0 N–H and O–H groups in total. The van der Waals surface area contributed by atoms with Gasteiger partial charge in [-0.25, -0.2) is 0 Å². The van der Waals surface area contributed by atoms with Crippen LogP contribution < -0.4 is 4.90 Å². The third kappa shape index (κ3) is 2.29. The molecule has 4 rings (SSSR count). The molecule has 0 saturated heterocycles. The second-order valence-electron chi connectivity index (χ2n) is 5.63. The fourth-order valence-electron chi connectivity index (χ4n) is 3.21. The number of fused-ring (bicyclic) bond motifs is 2. The van der Waals surface area contributed by atoms with Crippen LogP contribution in [0.25, 0.3) is 0 Å². The Kier molecular flexibility index (Phi) is 3.58. The first-order valence-corrected chi connectivity index (χ1v) is 8.35. The molecular formula is C19H13BrN2O2. The van der Waals surface area contributed by atoms with Gasteiger partial charge in [-0.05, 0) is 45.3 Å². The molecule has 0 bridgehead atoms. The molecule has 4 nitrogen and oxygen atoms in total. The third-order valence-electron chi connectivity index (χ3n) is 4.23. The van der Waals surface area contributed by atoms with Crippen LogP contribution in [0.5, 0.6) is 0 Å². The maximum atomic E-state index is 11.6. The summed E-state index contributed by atoms with van der Waals surface area (Å²) in [4.78, 5) is 13.3. The van der Waals surface area contributed by atoms with Crippen LogP contribution in [0.2, 0.25) is 0 Å². The Hall–Kier alpha value is -2.66. The maximum absolute atomic E-state index is 11.6. The quantitative estimate of drug-likeness (QED) is 0.329. The Bertz CT molecular complexity index is 945. The largest absolute Gasteiger partial charge is 0.303 e. The van der Waals surface area contributed by atoms with Gasteiger partial charge in [0.05, 0.1) is 10.6 Å². The average molecular weight is 381 g/mol. The predicted molar refractivity (Wildman–Crippen MR) is 98.3 cm³/mol. The summed E-state index contributed by atoms with van der Waals surface area (Å²) in [5.74, 6) is 0. The van der Waals surface area contributed by atoms with Crippen LogP contribution in [-0.2, 0) is 6.42 Å². The van der Waals surface area contributed by atoms with Crippen LogP contribution in [0.4, 0.5) is 22.7 Å². The fraction of sp³-hybridized carbons (Fsp3) is 0.0526. The Morgan fingerprint density at radius 2 is 1.54 bits per heavy atom. The molecule has 1 heterocycles. The minimum Gasteiger partial charge on any atom is -0.303 e. The summed E-state index contributed by atoms with van der Waals surface area (Å²) in [7, 11) is 0. The van der Waals surface area contributed by atoms with Crippen molar-refractivity contribution >= 4 is 38.7 Å². The van der Waals surface area contributed by atoms with Crippen molar-refractivity contribution in [2.24, 2.45) is 0 Å². The molecule has 0 unspecified atom stereocenters. The lowest BCUT2D eigenvalue weighted by atomic mass is 9.94. The first-order chi connectivity index (χ1) is 11.7. The highest BCUT2D eigenvalue weighted by molar-refractivity contribution is 9.10. The van der Waals surface area contributed by atoms with E-state index in [0.717, 1.165) is 27.0 Å². The number of para-hydroxylation sites is 3. The first-order valence-electron chi connectivity index (χ1n) is 7.55. The Morgan fingerprint density at radius 3 is 2.29 bits per heavy atom. The van der Waals surface area contributed by atoms with E-state index in [1.54, 1.807) is 12.1 Å². The van der Waals surface area contributed by atoms with E-state index < -0.39 is 0 Å². The maximum Gasteiger partial charge on any atom is 0.293 e. The molecule has 0 fully saturated rings. The van der Waals surface area contributed by atoms with E-state index in [1.807, 2.05) is 53.4 Å². The van der Waals surface area contributed by atoms with Crippen LogP contribution in [0.15, 0.2) is 71.2 Å². The van der Waals surface area contributed by atoms with E-state index >= 15 is 0 Å². The van der Waals surface area contributed by atoms with Crippen molar-refractivity contribution in [2.75, 3.05) is 4.90 Å². The summed E-state index contributed by atoms with van der Waals surface area (Å²) in [6.07, 6.45) is 0.689. The minimum atomic E-state index is -0.309. The fourth-order valence-corrected chi connectivity index (χ4v) is 3.68. The monoisotopic (exact) mass is 380 g/mol. The summed E-state index contributed by atoms with van der Waals surface area (Å²) in [5.41, 5.74) is 4.75. The van der Waals surface area contributed by atoms with Gasteiger partial charge in [0.1, 0.15) is 5.69 Å². The van der Waals surface area contributed by atoms with Crippen molar-refractivity contribution in [3.05, 3.63) is 92.4 Å². The van der Waals surface area contributed by atoms with Crippen molar-refractivity contribution < 1.29 is 4.92 Å². The van der Waals surface area contributed by atoms with Gasteiger partial charge in [0.15, 0.2) is 0 Å². The molecule has 5 heteroatoms. The Balaban J connectivity index is 2.06. The third-order valence-corrected chi connectivity index (χ3v) is 4.90. The van der Waals surface area contributed by atoms with Gasteiger partial charge < -0.3 is 4.90 Å². The zero-order valence-corrected chi connectivity index (χ0v) is 14.2. The summed E-state index contributed by atoms with van der Waals surface area (Å²) >= 11 is 3.59. The number of rotatable bonds is 2. The van der Waals surface area contributed by atoms with Crippen molar-refractivity contribution in [1.82, 2.24) is 0 Å². The van der Waals surface area contributed by atoms with E-state index in [1.165, 1.54) is 0 Å². The summed E-state index contributed by atoms with van der Waals surface area (Å²) in [6.45, 7) is 0. The van der Waals surface area contributed by atoms with Gasteiger partial charge in [-0.3, -0.25) is 10.1 Å². The van der Waals surface area contributed by atoms with Crippen LogP contribution in [0.1, 0.15) is 11.1 Å². The highest BCUT2D eigenvalue weighted by Gasteiger charge is 2.31. The molecule has 118 valence electrons. The second-order valence-corrected chi connectivity index (χ2v) is 6.49. The van der Waals surface area contributed by atoms with Gasteiger partial charge in [-0.15, -0.1) is 0 Å². The molecule has 3 aromatic rings. The Labute approximate surface area is 147 Å². The number of nitrogens with zero attached hydrogens (tertiary/aromatic N) is 2. The number of hydrogen-bond acceptors (Lipinski definition) is 3. The molecule has 0 radical (unpaired) electrons. The minimum absolute atomic E-state index is 0.123. The number of nitro benzene ring substituents is 1. The zero-order valence-electron chi connectivity index (χ0n) is 12.6. The smallest absolute Gasteiger partial charge is 0.293 e. The second kappa shape index (κ2) is 5.76. The molecular weight excluding hydrogens is 368 g/mol. The molecule has 24 heavy (non-hydrogen) atoms. The van der Waals surface area contributed by atoms with E-state index in [9.17, 15) is 10.1 Å². The number of nitro groups is 1. The van der Waals surface area contributed by atoms with Crippen LogP contribution in [0.3, 0.4) is 0 Å². The molecule has 0 saturated carbocycles. The predicted octanol–water partition coefficient (Wildman–Crippen LogP) is 5.73. The van der Waals surface area contributed by atoms with Gasteiger partial charge in [0.2, 0.25) is 0 Å². The molecule has 1 aliphatic heterocycles. The molecule has 0 amide bonds. The lowest BCUT2D eigenvalue weighted by Gasteiger charge is -2.33. The van der Waals surface area contributed by atoms with Crippen LogP contribution >= 0.6 is 15.9 Å². The number of halogens is 1. The number of hydrogen-bond donors (Lipinski definition) is 0. The Morgan fingerprint density at radius 1 is 0.875 bits per heavy atom. The summed E-state index contributed by atoms with van der Waals surface area (Å²) in [6, 6.07) is 21.1. The van der Waals surface area contributed by atoms with Crippen molar-refractivity contribution in [2.45, 2.75) is 6.42 Å². The molecule has 3 aromatic carbocycles.